The van der Waals surface area contributed by atoms with Crippen molar-refractivity contribution >= 4 is 28.2 Å². The fourth-order valence-electron chi connectivity index (χ4n) is 1.39. The van der Waals surface area contributed by atoms with E-state index in [0.29, 0.717) is 5.00 Å². The number of carbonyl (C=O) groups is 2. The highest BCUT2D eigenvalue weighted by molar-refractivity contribution is 7.17. The van der Waals surface area contributed by atoms with Crippen LogP contribution in [-0.2, 0) is 11.2 Å². The van der Waals surface area contributed by atoms with Crippen LogP contribution in [0, 0.1) is 0 Å². The van der Waals surface area contributed by atoms with Crippen molar-refractivity contribution in [1.82, 2.24) is 4.98 Å². The van der Waals surface area contributed by atoms with E-state index < -0.39 is 5.97 Å². The average molecular weight is 262 g/mol. The lowest BCUT2D eigenvalue weighted by molar-refractivity contribution is -0.115. The van der Waals surface area contributed by atoms with Crippen molar-refractivity contribution in [2.24, 2.45) is 0 Å². The fraction of sp³-hybridized carbons (Fsp3) is 0.0833. The Morgan fingerprint density at radius 3 is 2.61 bits per heavy atom. The summed E-state index contributed by atoms with van der Waals surface area (Å²) in [7, 11) is 0. The number of anilines is 1. The van der Waals surface area contributed by atoms with Gasteiger partial charge in [0, 0.05) is 0 Å². The van der Waals surface area contributed by atoms with Gasteiger partial charge in [0.15, 0.2) is 0 Å². The predicted molar refractivity (Wildman–Crippen MR) is 67.8 cm³/mol. The Kier molecular flexibility index (Phi) is 3.69. The first-order chi connectivity index (χ1) is 8.65. The smallest absolute Gasteiger partial charge is 0.365 e. The molecule has 1 aromatic heterocycles. The molecular weight excluding hydrogens is 252 g/mol. The van der Waals surface area contributed by atoms with Gasteiger partial charge in [-0.25, -0.2) is 9.78 Å². The van der Waals surface area contributed by atoms with E-state index in [9.17, 15) is 9.59 Å². The molecule has 0 radical (unpaired) electrons. The molecule has 0 aliphatic carbocycles. The molecule has 0 atom stereocenters. The van der Waals surface area contributed by atoms with E-state index >= 15 is 0 Å². The third kappa shape index (κ3) is 3.14. The molecule has 0 spiro atoms. The van der Waals surface area contributed by atoms with Crippen molar-refractivity contribution in [2.45, 2.75) is 6.42 Å². The van der Waals surface area contributed by atoms with Crippen LogP contribution < -0.4 is 5.32 Å². The highest BCUT2D eigenvalue weighted by Crippen LogP contribution is 2.18. The number of hydrogen-bond acceptors (Lipinski definition) is 4. The van der Waals surface area contributed by atoms with Gasteiger partial charge in [-0.05, 0) is 5.56 Å². The number of thiazole rings is 1. The van der Waals surface area contributed by atoms with Gasteiger partial charge in [-0.2, -0.15) is 0 Å². The van der Waals surface area contributed by atoms with Gasteiger partial charge in [0.1, 0.15) is 5.00 Å². The number of nitrogens with one attached hydrogen (secondary N) is 1. The summed E-state index contributed by atoms with van der Waals surface area (Å²) in [5, 5.41) is 11.7. The van der Waals surface area contributed by atoms with Gasteiger partial charge < -0.3 is 10.4 Å². The van der Waals surface area contributed by atoms with Crippen molar-refractivity contribution in [3.63, 3.8) is 0 Å². The number of nitrogens with zero attached hydrogens (tertiary/aromatic N) is 1. The van der Waals surface area contributed by atoms with Gasteiger partial charge in [0.2, 0.25) is 10.9 Å². The Hall–Kier alpha value is -2.21. The van der Waals surface area contributed by atoms with E-state index in [4.69, 9.17) is 5.11 Å². The molecule has 0 saturated carbocycles. The van der Waals surface area contributed by atoms with E-state index in [0.717, 1.165) is 16.9 Å². The lowest BCUT2D eigenvalue weighted by Gasteiger charge is -2.01. The monoisotopic (exact) mass is 262 g/mol. The average Bonchev–Trinajstić information content (AvgIpc) is 2.78. The summed E-state index contributed by atoms with van der Waals surface area (Å²) in [6.45, 7) is 0. The SMILES string of the molecule is O=C(Cc1ccccc1)Nc1cnc(C(=O)O)s1. The minimum Gasteiger partial charge on any atom is -0.476 e. The summed E-state index contributed by atoms with van der Waals surface area (Å²) >= 11 is 0.937. The Morgan fingerprint density at radius 2 is 2.00 bits per heavy atom. The van der Waals surface area contributed by atoms with Gasteiger partial charge in [0.05, 0.1) is 12.6 Å². The summed E-state index contributed by atoms with van der Waals surface area (Å²) in [5.74, 6) is -1.29. The molecule has 18 heavy (non-hydrogen) atoms. The van der Waals surface area contributed by atoms with Crippen LogP contribution in [0.5, 0.6) is 0 Å². The van der Waals surface area contributed by atoms with E-state index in [1.807, 2.05) is 30.3 Å². The van der Waals surface area contributed by atoms with Gasteiger partial charge in [0.25, 0.3) is 0 Å². The summed E-state index contributed by atoms with van der Waals surface area (Å²) in [6.07, 6.45) is 1.60. The largest absolute Gasteiger partial charge is 0.476 e. The maximum atomic E-state index is 11.7. The second-order valence-corrected chi connectivity index (χ2v) is 4.58. The Labute approximate surface area is 107 Å². The van der Waals surface area contributed by atoms with Crippen molar-refractivity contribution in [3.8, 4) is 0 Å². The van der Waals surface area contributed by atoms with Crippen molar-refractivity contribution < 1.29 is 14.7 Å². The zero-order chi connectivity index (χ0) is 13.0. The van der Waals surface area contributed by atoms with Crippen LogP contribution in [0.3, 0.4) is 0 Å². The van der Waals surface area contributed by atoms with Crippen molar-refractivity contribution in [1.29, 1.82) is 0 Å². The summed E-state index contributed by atoms with van der Waals surface area (Å²) in [4.78, 5) is 26.0. The number of carboxylic acid groups (broad SMARTS) is 1. The fourth-order valence-corrected chi connectivity index (χ4v) is 2.06. The standard InChI is InChI=1S/C12H10N2O3S/c15-9(6-8-4-2-1-3-5-8)14-10-7-13-11(18-10)12(16)17/h1-5,7H,6H2,(H,14,15)(H,16,17). The Bertz CT molecular complexity index is 566. The second-order valence-electron chi connectivity index (χ2n) is 3.55. The predicted octanol–water partition coefficient (Wildman–Crippen LogP) is 2.02. The number of amides is 1. The van der Waals surface area contributed by atoms with Crippen molar-refractivity contribution in [3.05, 3.63) is 47.1 Å². The molecule has 1 aromatic carbocycles. The van der Waals surface area contributed by atoms with E-state index in [1.54, 1.807) is 0 Å². The lowest BCUT2D eigenvalue weighted by Crippen LogP contribution is -2.13. The number of aromatic nitrogens is 1. The minimum atomic E-state index is -1.09. The second kappa shape index (κ2) is 5.42. The van der Waals surface area contributed by atoms with E-state index in [-0.39, 0.29) is 17.3 Å². The maximum absolute atomic E-state index is 11.7. The van der Waals surface area contributed by atoms with E-state index in [2.05, 4.69) is 10.3 Å². The van der Waals surface area contributed by atoms with Crippen LogP contribution in [0.4, 0.5) is 5.00 Å². The molecule has 92 valence electrons. The number of carboxylic acids is 1. The third-order valence-electron chi connectivity index (χ3n) is 2.16. The molecular formula is C12H10N2O3S. The Balaban J connectivity index is 1.97. The molecule has 2 N–H and O–H groups in total. The summed E-state index contributed by atoms with van der Waals surface area (Å²) in [5.41, 5.74) is 0.901. The molecule has 0 unspecified atom stereocenters. The van der Waals surface area contributed by atoms with Crippen molar-refractivity contribution in [2.75, 3.05) is 5.32 Å². The lowest BCUT2D eigenvalue weighted by atomic mass is 10.1. The third-order valence-corrected chi connectivity index (χ3v) is 3.06. The van der Waals surface area contributed by atoms with Gasteiger partial charge >= 0.3 is 5.97 Å². The first kappa shape index (κ1) is 12.3. The maximum Gasteiger partial charge on any atom is 0.365 e. The Morgan fingerprint density at radius 1 is 1.28 bits per heavy atom. The van der Waals surface area contributed by atoms with Crippen LogP contribution >= 0.6 is 11.3 Å². The molecule has 1 amide bonds. The first-order valence-corrected chi connectivity index (χ1v) is 5.99. The molecule has 0 bridgehead atoms. The molecule has 0 fully saturated rings. The molecule has 2 rings (SSSR count). The number of hydrogen-bond donors (Lipinski definition) is 2. The van der Waals surface area contributed by atoms with Crippen LogP contribution in [0.2, 0.25) is 0 Å². The highest BCUT2D eigenvalue weighted by Gasteiger charge is 2.11. The number of carbonyl (C=O) groups excluding carboxylic acids is 1. The minimum absolute atomic E-state index is 0.0370. The van der Waals surface area contributed by atoms with Gasteiger partial charge in [-0.15, -0.1) is 0 Å². The zero-order valence-electron chi connectivity index (χ0n) is 9.29. The number of rotatable bonds is 4. The van der Waals surface area contributed by atoms with Crippen LogP contribution in [0.15, 0.2) is 36.5 Å². The number of aromatic carboxylic acids is 1. The van der Waals surface area contributed by atoms with Crippen LogP contribution in [0.1, 0.15) is 15.4 Å². The first-order valence-electron chi connectivity index (χ1n) is 5.18. The van der Waals surface area contributed by atoms with Gasteiger partial charge in [-0.3, -0.25) is 4.79 Å². The number of benzene rings is 1. The highest BCUT2D eigenvalue weighted by atomic mass is 32.1. The molecule has 2 aromatic rings. The molecule has 6 heteroatoms. The zero-order valence-corrected chi connectivity index (χ0v) is 10.1. The molecule has 0 aliphatic rings. The topological polar surface area (TPSA) is 79.3 Å². The van der Waals surface area contributed by atoms with Crippen LogP contribution in [0.25, 0.3) is 0 Å². The quantitative estimate of drug-likeness (QED) is 0.883. The summed E-state index contributed by atoms with van der Waals surface area (Å²) in [6, 6.07) is 9.31. The van der Waals surface area contributed by atoms with Crippen LogP contribution in [-0.4, -0.2) is 22.0 Å². The van der Waals surface area contributed by atoms with E-state index in [1.165, 1.54) is 6.20 Å². The molecule has 0 aliphatic heterocycles. The molecule has 0 saturated heterocycles. The molecule has 5 nitrogen and oxygen atoms in total. The normalized spacial score (nSPS) is 10.0. The summed E-state index contributed by atoms with van der Waals surface area (Å²) < 4.78 is 0. The molecule has 1 heterocycles. The van der Waals surface area contributed by atoms with Gasteiger partial charge in [-0.1, -0.05) is 41.7 Å².